The Kier molecular flexibility index (Phi) is 7.07. The maximum absolute atomic E-state index is 4.17. The summed E-state index contributed by atoms with van der Waals surface area (Å²) in [7, 11) is 1.81. The van der Waals surface area contributed by atoms with Crippen LogP contribution in [-0.2, 0) is 0 Å². The summed E-state index contributed by atoms with van der Waals surface area (Å²) in [6.45, 7) is 0. The molecule has 1 aromatic carbocycles. The molecule has 0 unspecified atom stereocenters. The first kappa shape index (κ1) is 13.4. The molecule has 0 saturated heterocycles. The number of benzene rings is 1. The standard InChI is InChI=1S/C9H10BrNS.HI/c1-11-9(12-2)7-3-5-8(10)6-4-7;/h3-6H,1-2H3;1H. The third-order valence-corrected chi connectivity index (χ3v) is 2.82. The van der Waals surface area contributed by atoms with Crippen LogP contribution in [0.4, 0.5) is 0 Å². The Labute approximate surface area is 109 Å². The smallest absolute Gasteiger partial charge is 0.0970 e. The van der Waals surface area contributed by atoms with E-state index in [0.717, 1.165) is 9.52 Å². The fourth-order valence-corrected chi connectivity index (χ4v) is 1.75. The molecule has 1 aromatic rings. The molecule has 0 aliphatic carbocycles. The molecule has 0 aliphatic heterocycles. The van der Waals surface area contributed by atoms with Crippen LogP contribution in [0.3, 0.4) is 0 Å². The summed E-state index contributed by atoms with van der Waals surface area (Å²) in [5, 5.41) is 1.07. The summed E-state index contributed by atoms with van der Waals surface area (Å²) in [5.74, 6) is 0. The molecule has 0 saturated carbocycles. The van der Waals surface area contributed by atoms with E-state index in [-0.39, 0.29) is 24.0 Å². The van der Waals surface area contributed by atoms with Crippen LogP contribution in [-0.4, -0.2) is 18.3 Å². The molecule has 4 heteroatoms. The molecule has 0 radical (unpaired) electrons. The summed E-state index contributed by atoms with van der Waals surface area (Å²) in [6.07, 6.45) is 2.03. The molecule has 72 valence electrons. The molecule has 0 aliphatic rings. The van der Waals surface area contributed by atoms with Gasteiger partial charge in [0.2, 0.25) is 0 Å². The van der Waals surface area contributed by atoms with Crippen molar-refractivity contribution in [3.8, 4) is 0 Å². The Balaban J connectivity index is 0.00000144. The number of hydrogen-bond acceptors (Lipinski definition) is 2. The van der Waals surface area contributed by atoms with Gasteiger partial charge in [-0.25, -0.2) is 0 Å². The van der Waals surface area contributed by atoms with Gasteiger partial charge in [-0.1, -0.05) is 28.1 Å². The van der Waals surface area contributed by atoms with Gasteiger partial charge in [0.1, 0.15) is 0 Å². The van der Waals surface area contributed by atoms with Gasteiger partial charge in [0.05, 0.1) is 5.04 Å². The molecular formula is C9H11BrINS. The number of thioether (sulfide) groups is 1. The minimum absolute atomic E-state index is 0. The quantitative estimate of drug-likeness (QED) is 0.415. The zero-order chi connectivity index (χ0) is 8.97. The molecule has 1 nitrogen and oxygen atoms in total. The summed E-state index contributed by atoms with van der Waals surface area (Å²) in [6, 6.07) is 8.17. The van der Waals surface area contributed by atoms with E-state index < -0.39 is 0 Å². The first-order chi connectivity index (χ1) is 5.77. The Morgan fingerprint density at radius 3 is 2.23 bits per heavy atom. The Hall–Kier alpha value is 0.450. The van der Waals surface area contributed by atoms with E-state index in [1.165, 1.54) is 5.56 Å². The lowest BCUT2D eigenvalue weighted by Crippen LogP contribution is -1.93. The van der Waals surface area contributed by atoms with Crippen molar-refractivity contribution in [2.24, 2.45) is 4.99 Å². The Bertz CT molecular complexity index is 284. The van der Waals surface area contributed by atoms with Crippen LogP contribution in [0.2, 0.25) is 0 Å². The van der Waals surface area contributed by atoms with Crippen LogP contribution in [0.25, 0.3) is 0 Å². The fraction of sp³-hybridized carbons (Fsp3) is 0.222. The third kappa shape index (κ3) is 3.99. The summed E-state index contributed by atoms with van der Waals surface area (Å²) >= 11 is 5.06. The van der Waals surface area contributed by atoms with Gasteiger partial charge in [0, 0.05) is 17.1 Å². The average Bonchev–Trinajstić information content (AvgIpc) is 2.10. The van der Waals surface area contributed by atoms with E-state index in [9.17, 15) is 0 Å². The van der Waals surface area contributed by atoms with Crippen LogP contribution in [0, 0.1) is 0 Å². The lowest BCUT2D eigenvalue weighted by molar-refractivity contribution is 1.45. The highest BCUT2D eigenvalue weighted by Crippen LogP contribution is 2.14. The van der Waals surface area contributed by atoms with Crippen molar-refractivity contribution in [1.29, 1.82) is 0 Å². The number of rotatable bonds is 1. The third-order valence-electron chi connectivity index (χ3n) is 1.49. The predicted octanol–water partition coefficient (Wildman–Crippen LogP) is 3.81. The van der Waals surface area contributed by atoms with Crippen LogP contribution >= 0.6 is 51.7 Å². The van der Waals surface area contributed by atoms with Crippen molar-refractivity contribution in [1.82, 2.24) is 0 Å². The minimum Gasteiger partial charge on any atom is -0.281 e. The van der Waals surface area contributed by atoms with Gasteiger partial charge in [0.15, 0.2) is 0 Å². The van der Waals surface area contributed by atoms with Crippen LogP contribution in [0.1, 0.15) is 5.56 Å². The average molecular weight is 372 g/mol. The lowest BCUT2D eigenvalue weighted by Gasteiger charge is -2.01. The van der Waals surface area contributed by atoms with Gasteiger partial charge in [-0.3, -0.25) is 4.99 Å². The van der Waals surface area contributed by atoms with Gasteiger partial charge in [-0.15, -0.1) is 35.7 Å². The molecule has 0 heterocycles. The number of nitrogens with zero attached hydrogens (tertiary/aromatic N) is 1. The summed E-state index contributed by atoms with van der Waals surface area (Å²) in [4.78, 5) is 4.17. The molecular weight excluding hydrogens is 361 g/mol. The largest absolute Gasteiger partial charge is 0.281 e. The minimum atomic E-state index is 0. The molecule has 1 rings (SSSR count). The van der Waals surface area contributed by atoms with E-state index >= 15 is 0 Å². The molecule has 0 fully saturated rings. The predicted molar refractivity (Wildman–Crippen MR) is 75.5 cm³/mol. The van der Waals surface area contributed by atoms with Gasteiger partial charge in [-0.05, 0) is 18.4 Å². The van der Waals surface area contributed by atoms with E-state index in [4.69, 9.17) is 0 Å². The number of hydrogen-bond donors (Lipinski definition) is 0. The van der Waals surface area contributed by atoms with Crippen molar-refractivity contribution >= 4 is 56.7 Å². The van der Waals surface area contributed by atoms with Gasteiger partial charge in [0.25, 0.3) is 0 Å². The molecule has 0 amide bonds. The Morgan fingerprint density at radius 2 is 1.85 bits per heavy atom. The molecule has 0 atom stereocenters. The highest BCUT2D eigenvalue weighted by molar-refractivity contribution is 14.0. The SMILES string of the molecule is CN=C(SC)c1ccc(Br)cc1.I. The summed E-state index contributed by atoms with van der Waals surface area (Å²) in [5.41, 5.74) is 1.17. The maximum atomic E-state index is 4.17. The second-order valence-corrected chi connectivity index (χ2v) is 3.95. The zero-order valence-electron chi connectivity index (χ0n) is 7.45. The number of halogens is 2. The monoisotopic (exact) mass is 371 g/mol. The summed E-state index contributed by atoms with van der Waals surface area (Å²) < 4.78 is 1.10. The molecule has 0 N–H and O–H groups in total. The van der Waals surface area contributed by atoms with Crippen molar-refractivity contribution < 1.29 is 0 Å². The first-order valence-electron chi connectivity index (χ1n) is 3.54. The van der Waals surface area contributed by atoms with E-state index in [2.05, 4.69) is 33.1 Å². The maximum Gasteiger partial charge on any atom is 0.0970 e. The van der Waals surface area contributed by atoms with Crippen molar-refractivity contribution in [2.75, 3.05) is 13.3 Å². The van der Waals surface area contributed by atoms with Gasteiger partial charge in [-0.2, -0.15) is 0 Å². The van der Waals surface area contributed by atoms with Crippen molar-refractivity contribution in [3.63, 3.8) is 0 Å². The van der Waals surface area contributed by atoms with Crippen LogP contribution in [0.5, 0.6) is 0 Å². The molecule has 0 aromatic heterocycles. The first-order valence-corrected chi connectivity index (χ1v) is 5.56. The molecule has 0 bridgehead atoms. The van der Waals surface area contributed by atoms with Crippen molar-refractivity contribution in [3.05, 3.63) is 34.3 Å². The van der Waals surface area contributed by atoms with E-state index in [0.29, 0.717) is 0 Å². The van der Waals surface area contributed by atoms with Crippen molar-refractivity contribution in [2.45, 2.75) is 0 Å². The second kappa shape index (κ2) is 6.84. The van der Waals surface area contributed by atoms with E-state index in [1.807, 2.05) is 25.4 Å². The highest BCUT2D eigenvalue weighted by Gasteiger charge is 1.98. The van der Waals surface area contributed by atoms with E-state index in [1.54, 1.807) is 11.8 Å². The topological polar surface area (TPSA) is 12.4 Å². The molecule has 13 heavy (non-hydrogen) atoms. The zero-order valence-corrected chi connectivity index (χ0v) is 12.2. The number of aliphatic imine (C=N–C) groups is 1. The highest BCUT2D eigenvalue weighted by atomic mass is 127. The van der Waals surface area contributed by atoms with Crippen LogP contribution in [0.15, 0.2) is 33.7 Å². The van der Waals surface area contributed by atoms with Gasteiger partial charge >= 0.3 is 0 Å². The lowest BCUT2D eigenvalue weighted by atomic mass is 10.2. The normalized spacial score (nSPS) is 10.8. The van der Waals surface area contributed by atoms with Crippen LogP contribution < -0.4 is 0 Å². The second-order valence-electron chi connectivity index (χ2n) is 2.24. The van der Waals surface area contributed by atoms with Gasteiger partial charge < -0.3 is 0 Å². The molecule has 0 spiro atoms. The Morgan fingerprint density at radius 1 is 1.31 bits per heavy atom. The fourth-order valence-electron chi connectivity index (χ4n) is 0.931.